The van der Waals surface area contributed by atoms with E-state index < -0.39 is 0 Å². The summed E-state index contributed by atoms with van der Waals surface area (Å²) in [6.45, 7) is 6.44. The van der Waals surface area contributed by atoms with Gasteiger partial charge in [-0.15, -0.1) is 0 Å². The SMILES string of the molecule is C=C(Cc1ccc(Cl)cc1)C(CN(C)C(C)=O)c1ccc(Cl)cc1. The van der Waals surface area contributed by atoms with Gasteiger partial charge in [-0.05, 0) is 41.8 Å². The smallest absolute Gasteiger partial charge is 0.219 e. The molecule has 0 N–H and O–H groups in total. The monoisotopic (exact) mass is 361 g/mol. The van der Waals surface area contributed by atoms with Crippen LogP contribution < -0.4 is 0 Å². The first-order chi connectivity index (χ1) is 11.4. The number of rotatable bonds is 6. The Morgan fingerprint density at radius 3 is 2.04 bits per heavy atom. The largest absolute Gasteiger partial charge is 0.345 e. The molecule has 2 aromatic rings. The van der Waals surface area contributed by atoms with Gasteiger partial charge in [-0.1, -0.05) is 59.6 Å². The minimum absolute atomic E-state index is 0.0354. The van der Waals surface area contributed by atoms with Crippen molar-refractivity contribution in [1.29, 1.82) is 0 Å². The highest BCUT2D eigenvalue weighted by Crippen LogP contribution is 2.28. The van der Waals surface area contributed by atoms with Crippen molar-refractivity contribution in [3.8, 4) is 0 Å². The molecule has 1 unspecified atom stereocenters. The fraction of sp³-hybridized carbons (Fsp3) is 0.250. The van der Waals surface area contributed by atoms with Crippen LogP contribution in [0.15, 0.2) is 60.7 Å². The van der Waals surface area contributed by atoms with Gasteiger partial charge in [-0.25, -0.2) is 0 Å². The van der Waals surface area contributed by atoms with Gasteiger partial charge < -0.3 is 4.90 Å². The van der Waals surface area contributed by atoms with Gasteiger partial charge in [0, 0.05) is 36.5 Å². The quantitative estimate of drug-likeness (QED) is 0.634. The van der Waals surface area contributed by atoms with Crippen LogP contribution in [0.3, 0.4) is 0 Å². The lowest BCUT2D eigenvalue weighted by atomic mass is 9.88. The van der Waals surface area contributed by atoms with E-state index >= 15 is 0 Å². The number of hydrogen-bond acceptors (Lipinski definition) is 1. The molecule has 0 bridgehead atoms. The van der Waals surface area contributed by atoms with Gasteiger partial charge in [-0.2, -0.15) is 0 Å². The summed E-state index contributed by atoms with van der Waals surface area (Å²) in [5, 5.41) is 1.41. The fourth-order valence-electron chi connectivity index (χ4n) is 2.56. The van der Waals surface area contributed by atoms with Gasteiger partial charge >= 0.3 is 0 Å². The number of carbonyl (C=O) groups is 1. The van der Waals surface area contributed by atoms with E-state index in [4.69, 9.17) is 23.2 Å². The maximum absolute atomic E-state index is 11.6. The van der Waals surface area contributed by atoms with Crippen molar-refractivity contribution in [3.63, 3.8) is 0 Å². The van der Waals surface area contributed by atoms with Crippen LogP contribution in [0.1, 0.15) is 24.0 Å². The Morgan fingerprint density at radius 1 is 1.04 bits per heavy atom. The van der Waals surface area contributed by atoms with Crippen molar-refractivity contribution < 1.29 is 4.79 Å². The molecule has 0 radical (unpaired) electrons. The topological polar surface area (TPSA) is 20.3 Å². The van der Waals surface area contributed by atoms with Crippen molar-refractivity contribution in [2.24, 2.45) is 0 Å². The molecule has 0 saturated heterocycles. The van der Waals surface area contributed by atoms with E-state index in [1.807, 2.05) is 48.5 Å². The Kier molecular flexibility index (Phi) is 6.47. The molecule has 126 valence electrons. The minimum Gasteiger partial charge on any atom is -0.345 e. The second kappa shape index (κ2) is 8.36. The van der Waals surface area contributed by atoms with Crippen LogP contribution in [0.25, 0.3) is 0 Å². The second-order valence-electron chi connectivity index (χ2n) is 5.97. The highest BCUT2D eigenvalue weighted by Gasteiger charge is 2.19. The zero-order chi connectivity index (χ0) is 17.7. The normalized spacial score (nSPS) is 11.8. The van der Waals surface area contributed by atoms with Crippen LogP contribution in [-0.4, -0.2) is 24.4 Å². The fourth-order valence-corrected chi connectivity index (χ4v) is 2.81. The number of nitrogens with zero attached hydrogens (tertiary/aromatic N) is 1. The molecular formula is C20H21Cl2NO. The lowest BCUT2D eigenvalue weighted by Crippen LogP contribution is -2.29. The third-order valence-corrected chi connectivity index (χ3v) is 4.61. The Bertz CT molecular complexity index is 707. The lowest BCUT2D eigenvalue weighted by Gasteiger charge is -2.26. The molecule has 2 rings (SSSR count). The molecule has 2 aromatic carbocycles. The molecule has 24 heavy (non-hydrogen) atoms. The third kappa shape index (κ3) is 5.12. The van der Waals surface area contributed by atoms with Crippen LogP contribution in [0.2, 0.25) is 10.0 Å². The zero-order valence-corrected chi connectivity index (χ0v) is 15.4. The van der Waals surface area contributed by atoms with Crippen molar-refractivity contribution in [1.82, 2.24) is 4.90 Å². The summed E-state index contributed by atoms with van der Waals surface area (Å²) < 4.78 is 0. The van der Waals surface area contributed by atoms with Gasteiger partial charge in [0.05, 0.1) is 0 Å². The molecular weight excluding hydrogens is 341 g/mol. The van der Waals surface area contributed by atoms with Crippen LogP contribution >= 0.6 is 23.2 Å². The summed E-state index contributed by atoms with van der Waals surface area (Å²) in [6.07, 6.45) is 0.732. The predicted molar refractivity (Wildman–Crippen MR) is 102 cm³/mol. The zero-order valence-electron chi connectivity index (χ0n) is 13.9. The average molecular weight is 362 g/mol. The van der Waals surface area contributed by atoms with E-state index in [1.165, 1.54) is 0 Å². The molecule has 4 heteroatoms. The van der Waals surface area contributed by atoms with Crippen LogP contribution in [0.5, 0.6) is 0 Å². The summed E-state index contributed by atoms with van der Waals surface area (Å²) in [6, 6.07) is 15.5. The van der Waals surface area contributed by atoms with Crippen molar-refractivity contribution in [2.75, 3.05) is 13.6 Å². The number of benzene rings is 2. The Balaban J connectivity index is 2.23. The number of hydrogen-bond donors (Lipinski definition) is 0. The Morgan fingerprint density at radius 2 is 1.54 bits per heavy atom. The summed E-state index contributed by atoms with van der Waals surface area (Å²) in [7, 11) is 1.81. The van der Waals surface area contributed by atoms with Crippen LogP contribution in [0, 0.1) is 0 Å². The third-order valence-electron chi connectivity index (χ3n) is 4.10. The minimum atomic E-state index is 0.0354. The molecule has 0 aliphatic carbocycles. The van der Waals surface area contributed by atoms with Gasteiger partial charge in [0.2, 0.25) is 5.91 Å². The van der Waals surface area contributed by atoms with E-state index in [0.29, 0.717) is 11.6 Å². The number of halogens is 2. The van der Waals surface area contributed by atoms with Gasteiger partial charge in [0.1, 0.15) is 0 Å². The van der Waals surface area contributed by atoms with E-state index in [-0.39, 0.29) is 11.8 Å². The van der Waals surface area contributed by atoms with Crippen LogP contribution in [0.4, 0.5) is 0 Å². The van der Waals surface area contributed by atoms with Crippen LogP contribution in [-0.2, 0) is 11.2 Å². The number of amides is 1. The summed E-state index contributed by atoms with van der Waals surface area (Å²) >= 11 is 11.9. The van der Waals surface area contributed by atoms with E-state index in [2.05, 4.69) is 6.58 Å². The average Bonchev–Trinajstić information content (AvgIpc) is 2.55. The standard InChI is InChI=1S/C20H21Cl2NO/c1-14(12-16-4-8-18(21)9-5-16)20(13-23(3)15(2)24)17-6-10-19(22)11-7-17/h4-11,20H,1,12-13H2,2-3H3. The number of likely N-dealkylation sites (N-methyl/N-ethyl adjacent to an activating group) is 1. The molecule has 2 nitrogen and oxygen atoms in total. The maximum atomic E-state index is 11.6. The first-order valence-corrected chi connectivity index (χ1v) is 8.51. The number of carbonyl (C=O) groups excluding carboxylic acids is 1. The molecule has 0 saturated carbocycles. The highest BCUT2D eigenvalue weighted by atomic mass is 35.5. The first-order valence-electron chi connectivity index (χ1n) is 7.76. The molecule has 0 aliphatic rings. The lowest BCUT2D eigenvalue weighted by molar-refractivity contribution is -0.127. The molecule has 1 amide bonds. The summed E-state index contributed by atoms with van der Waals surface area (Å²) in [5.74, 6) is 0.0834. The van der Waals surface area contributed by atoms with Crippen molar-refractivity contribution in [3.05, 3.63) is 81.9 Å². The second-order valence-corrected chi connectivity index (χ2v) is 6.84. The first kappa shape index (κ1) is 18.6. The predicted octanol–water partition coefficient (Wildman–Crippen LogP) is 5.35. The molecule has 0 fully saturated rings. The van der Waals surface area contributed by atoms with E-state index in [1.54, 1.807) is 18.9 Å². The highest BCUT2D eigenvalue weighted by molar-refractivity contribution is 6.30. The van der Waals surface area contributed by atoms with E-state index in [9.17, 15) is 4.79 Å². The molecule has 0 heterocycles. The van der Waals surface area contributed by atoms with Gasteiger partial charge in [0.15, 0.2) is 0 Å². The van der Waals surface area contributed by atoms with E-state index in [0.717, 1.165) is 28.1 Å². The molecule has 0 aliphatic heterocycles. The van der Waals surface area contributed by atoms with Crippen molar-refractivity contribution >= 4 is 29.1 Å². The molecule has 0 aromatic heterocycles. The van der Waals surface area contributed by atoms with Crippen molar-refractivity contribution in [2.45, 2.75) is 19.3 Å². The Labute approximate surface area is 153 Å². The van der Waals surface area contributed by atoms with Gasteiger partial charge in [-0.3, -0.25) is 4.79 Å². The summed E-state index contributed by atoms with van der Waals surface area (Å²) in [4.78, 5) is 13.4. The maximum Gasteiger partial charge on any atom is 0.219 e. The molecule has 0 spiro atoms. The summed E-state index contributed by atoms with van der Waals surface area (Å²) in [5.41, 5.74) is 3.30. The van der Waals surface area contributed by atoms with Gasteiger partial charge in [0.25, 0.3) is 0 Å². The Hall–Kier alpha value is -1.77. The molecule has 1 atom stereocenters.